The highest BCUT2D eigenvalue weighted by atomic mass is 19.4. The lowest BCUT2D eigenvalue weighted by atomic mass is 9.72. The van der Waals surface area contributed by atoms with Crippen LogP contribution >= 0.6 is 0 Å². The van der Waals surface area contributed by atoms with Crippen LogP contribution in [-0.4, -0.2) is 30.1 Å². The number of allylic oxidation sites excluding steroid dienone is 1. The highest BCUT2D eigenvalue weighted by molar-refractivity contribution is 5.81. The van der Waals surface area contributed by atoms with Crippen molar-refractivity contribution in [3.05, 3.63) is 11.6 Å². The van der Waals surface area contributed by atoms with Gasteiger partial charge in [-0.15, -0.1) is 0 Å². The lowest BCUT2D eigenvalue weighted by Crippen LogP contribution is -2.50. The molecule has 2 nitrogen and oxygen atoms in total. The minimum Gasteiger partial charge on any atom is -0.341 e. The Morgan fingerprint density at radius 1 is 1.15 bits per heavy atom. The Hall–Kier alpha value is -1.00. The van der Waals surface area contributed by atoms with Gasteiger partial charge in [-0.1, -0.05) is 32.8 Å². The van der Waals surface area contributed by atoms with Crippen LogP contribution in [0.1, 0.15) is 40.0 Å². The maximum absolute atomic E-state index is 12.6. The van der Waals surface area contributed by atoms with Crippen molar-refractivity contribution < 1.29 is 18.0 Å². The smallest absolute Gasteiger partial charge is 0.341 e. The van der Waals surface area contributed by atoms with Gasteiger partial charge >= 0.3 is 6.18 Å². The van der Waals surface area contributed by atoms with E-state index in [0.717, 1.165) is 19.3 Å². The summed E-state index contributed by atoms with van der Waals surface area (Å²) in [5, 5.41) is 0. The Morgan fingerprint density at radius 2 is 1.65 bits per heavy atom. The van der Waals surface area contributed by atoms with E-state index < -0.39 is 11.6 Å². The summed E-state index contributed by atoms with van der Waals surface area (Å²) in [5.74, 6) is -0.189. The SMILES string of the molecule is CC(C)(C)C(=O)N1CC2CCCC(C1)C2=CC(F)(F)F. The van der Waals surface area contributed by atoms with E-state index in [0.29, 0.717) is 24.7 Å². The molecule has 1 saturated heterocycles. The quantitative estimate of drug-likeness (QED) is 0.621. The minimum atomic E-state index is -4.25. The number of piperidine rings is 1. The van der Waals surface area contributed by atoms with Gasteiger partial charge in [-0.2, -0.15) is 13.2 Å². The zero-order valence-electron chi connectivity index (χ0n) is 12.3. The van der Waals surface area contributed by atoms with Gasteiger partial charge in [0, 0.05) is 24.6 Å². The Balaban J connectivity index is 2.20. The number of hydrogen-bond donors (Lipinski definition) is 0. The average Bonchev–Trinajstić information content (AvgIpc) is 2.24. The van der Waals surface area contributed by atoms with Gasteiger partial charge < -0.3 is 4.90 Å². The van der Waals surface area contributed by atoms with Gasteiger partial charge in [0.15, 0.2) is 0 Å². The monoisotopic (exact) mass is 289 g/mol. The maximum atomic E-state index is 12.6. The van der Waals surface area contributed by atoms with E-state index in [2.05, 4.69) is 0 Å². The molecule has 1 aliphatic carbocycles. The molecule has 2 fully saturated rings. The summed E-state index contributed by atoms with van der Waals surface area (Å²) in [5.41, 5.74) is 0.0428. The molecule has 0 aromatic carbocycles. The van der Waals surface area contributed by atoms with Crippen LogP contribution in [0.3, 0.4) is 0 Å². The second-order valence-corrected chi connectivity index (χ2v) is 6.97. The van der Waals surface area contributed by atoms with Crippen molar-refractivity contribution in [1.82, 2.24) is 4.90 Å². The predicted octanol–water partition coefficient (Wildman–Crippen LogP) is 3.78. The number of carbonyl (C=O) groups excluding carboxylic acids is 1. The van der Waals surface area contributed by atoms with Crippen molar-refractivity contribution in [3.8, 4) is 0 Å². The normalized spacial score (nSPS) is 27.5. The van der Waals surface area contributed by atoms with Gasteiger partial charge in [0.2, 0.25) is 5.91 Å². The number of halogens is 3. The molecule has 2 atom stereocenters. The third-order valence-corrected chi connectivity index (χ3v) is 4.19. The summed E-state index contributed by atoms with van der Waals surface area (Å²) in [6, 6.07) is 0. The number of nitrogens with zero attached hydrogens (tertiary/aromatic N) is 1. The van der Waals surface area contributed by atoms with E-state index >= 15 is 0 Å². The summed E-state index contributed by atoms with van der Waals surface area (Å²) in [6.07, 6.45) is -1.29. The van der Waals surface area contributed by atoms with Crippen LogP contribution < -0.4 is 0 Å². The molecule has 1 aliphatic heterocycles. The van der Waals surface area contributed by atoms with E-state index in [1.165, 1.54) is 0 Å². The van der Waals surface area contributed by atoms with Gasteiger partial charge in [-0.25, -0.2) is 0 Å². The van der Waals surface area contributed by atoms with Gasteiger partial charge in [-0.05, 0) is 24.7 Å². The molecule has 114 valence electrons. The zero-order valence-corrected chi connectivity index (χ0v) is 12.3. The first-order chi connectivity index (χ1) is 9.08. The third-order valence-electron chi connectivity index (χ3n) is 4.19. The first-order valence-corrected chi connectivity index (χ1v) is 7.16. The number of alkyl halides is 3. The van der Waals surface area contributed by atoms with Crippen LogP contribution in [0.5, 0.6) is 0 Å². The molecule has 0 aromatic heterocycles. The van der Waals surface area contributed by atoms with Crippen molar-refractivity contribution in [2.45, 2.75) is 46.2 Å². The third kappa shape index (κ3) is 3.36. The molecule has 0 radical (unpaired) electrons. The summed E-state index contributed by atoms with van der Waals surface area (Å²) in [7, 11) is 0. The summed E-state index contributed by atoms with van der Waals surface area (Å²) in [4.78, 5) is 14.1. The van der Waals surface area contributed by atoms with Crippen LogP contribution in [0.2, 0.25) is 0 Å². The lowest BCUT2D eigenvalue weighted by Gasteiger charge is -2.45. The molecule has 2 unspecified atom stereocenters. The van der Waals surface area contributed by atoms with Crippen molar-refractivity contribution in [1.29, 1.82) is 0 Å². The molecular formula is C15H22F3NO. The molecular weight excluding hydrogens is 267 g/mol. The minimum absolute atomic E-state index is 0.0421. The highest BCUT2D eigenvalue weighted by Crippen LogP contribution is 2.41. The van der Waals surface area contributed by atoms with Crippen molar-refractivity contribution in [2.75, 3.05) is 13.1 Å². The molecule has 5 heteroatoms. The fourth-order valence-corrected chi connectivity index (χ4v) is 3.34. The number of hydrogen-bond acceptors (Lipinski definition) is 1. The second-order valence-electron chi connectivity index (χ2n) is 6.97. The van der Waals surface area contributed by atoms with E-state index in [4.69, 9.17) is 0 Å². The standard InChI is InChI=1S/C15H22F3NO/c1-14(2,3)13(20)19-8-10-5-4-6-11(9-19)12(10)7-15(16,17)18/h7,10-11H,4-6,8-9H2,1-3H3. The van der Waals surface area contributed by atoms with Crippen LogP contribution in [-0.2, 0) is 4.79 Å². The van der Waals surface area contributed by atoms with Crippen LogP contribution in [0.25, 0.3) is 0 Å². The lowest BCUT2D eigenvalue weighted by molar-refractivity contribution is -0.142. The van der Waals surface area contributed by atoms with Crippen molar-refractivity contribution in [2.24, 2.45) is 17.3 Å². The molecule has 0 N–H and O–H groups in total. The molecule has 2 bridgehead atoms. The summed E-state index contributed by atoms with van der Waals surface area (Å²) >= 11 is 0. The number of likely N-dealkylation sites (tertiary alicyclic amines) is 1. The Bertz CT molecular complexity index is 404. The van der Waals surface area contributed by atoms with Gasteiger partial charge in [-0.3, -0.25) is 4.79 Å². The van der Waals surface area contributed by atoms with Gasteiger partial charge in [0.25, 0.3) is 0 Å². The summed E-state index contributed by atoms with van der Waals surface area (Å²) in [6.45, 7) is 6.44. The fraction of sp³-hybridized carbons (Fsp3) is 0.800. The molecule has 2 aliphatic rings. The van der Waals surface area contributed by atoms with E-state index in [1.54, 1.807) is 4.90 Å². The number of carbonyl (C=O) groups is 1. The topological polar surface area (TPSA) is 20.3 Å². The van der Waals surface area contributed by atoms with Gasteiger partial charge in [0.05, 0.1) is 0 Å². The first-order valence-electron chi connectivity index (χ1n) is 7.16. The molecule has 0 spiro atoms. The molecule has 2 rings (SSSR count). The maximum Gasteiger partial charge on any atom is 0.409 e. The zero-order chi connectivity index (χ0) is 15.1. The van der Waals surface area contributed by atoms with E-state index in [1.807, 2.05) is 20.8 Å². The van der Waals surface area contributed by atoms with Crippen molar-refractivity contribution >= 4 is 5.91 Å². The van der Waals surface area contributed by atoms with Crippen molar-refractivity contribution in [3.63, 3.8) is 0 Å². The number of amides is 1. The highest BCUT2D eigenvalue weighted by Gasteiger charge is 2.41. The molecule has 1 heterocycles. The molecule has 1 amide bonds. The average molecular weight is 289 g/mol. The van der Waals surface area contributed by atoms with E-state index in [9.17, 15) is 18.0 Å². The van der Waals surface area contributed by atoms with Crippen LogP contribution in [0.15, 0.2) is 11.6 Å². The van der Waals surface area contributed by atoms with E-state index in [-0.39, 0.29) is 17.7 Å². The number of fused-ring (bicyclic) bond motifs is 2. The molecule has 1 saturated carbocycles. The Kier molecular flexibility index (Phi) is 3.91. The molecule has 0 aromatic rings. The largest absolute Gasteiger partial charge is 0.409 e. The molecule has 20 heavy (non-hydrogen) atoms. The summed E-state index contributed by atoms with van der Waals surface area (Å²) < 4.78 is 37.9. The van der Waals surface area contributed by atoms with Gasteiger partial charge in [0.1, 0.15) is 0 Å². The first kappa shape index (κ1) is 15.4. The predicted molar refractivity (Wildman–Crippen MR) is 71.0 cm³/mol. The number of rotatable bonds is 0. The van der Waals surface area contributed by atoms with Crippen LogP contribution in [0.4, 0.5) is 13.2 Å². The van der Waals surface area contributed by atoms with Crippen LogP contribution in [0, 0.1) is 17.3 Å². The Morgan fingerprint density at radius 3 is 2.05 bits per heavy atom. The Labute approximate surface area is 118 Å². The second kappa shape index (κ2) is 5.08. The fourth-order valence-electron chi connectivity index (χ4n) is 3.34.